The maximum atomic E-state index is 13.7. The first-order valence-electron chi connectivity index (χ1n) is 5.58. The van der Waals surface area contributed by atoms with E-state index in [0.717, 1.165) is 13.0 Å². The molecule has 1 aliphatic heterocycles. The number of rotatable bonds is 2. The Morgan fingerprint density at radius 2 is 2.25 bits per heavy atom. The topological polar surface area (TPSA) is 41.1 Å². The van der Waals surface area contributed by atoms with Crippen LogP contribution in [0, 0.1) is 11.7 Å². The van der Waals surface area contributed by atoms with Crippen molar-refractivity contribution in [2.75, 3.05) is 23.8 Å². The van der Waals surface area contributed by atoms with Crippen molar-refractivity contribution in [3.63, 3.8) is 0 Å². The molecule has 1 aromatic rings. The third kappa shape index (κ3) is 1.94. The van der Waals surface area contributed by atoms with Gasteiger partial charge in [0, 0.05) is 19.6 Å². The zero-order chi connectivity index (χ0) is 11.7. The maximum absolute atomic E-state index is 13.7. The molecule has 2 heterocycles. The van der Waals surface area contributed by atoms with Gasteiger partial charge in [-0.3, -0.25) is 0 Å². The van der Waals surface area contributed by atoms with Gasteiger partial charge in [-0.25, -0.2) is 9.37 Å². The van der Waals surface area contributed by atoms with Crippen molar-refractivity contribution in [2.24, 2.45) is 5.92 Å². The summed E-state index contributed by atoms with van der Waals surface area (Å²) in [4.78, 5) is 10.1. The largest absolute Gasteiger partial charge is 0.357 e. The highest BCUT2D eigenvalue weighted by molar-refractivity contribution is 5.45. The second kappa shape index (κ2) is 4.23. The highest BCUT2D eigenvalue weighted by Gasteiger charge is 2.29. The molecule has 0 saturated carbocycles. The number of anilines is 2. The van der Waals surface area contributed by atoms with Crippen molar-refractivity contribution in [2.45, 2.75) is 26.3 Å². The van der Waals surface area contributed by atoms with Crippen molar-refractivity contribution in [3.05, 3.63) is 12.0 Å². The first kappa shape index (κ1) is 11.1. The molecule has 4 nitrogen and oxygen atoms in total. The molecule has 0 aliphatic carbocycles. The van der Waals surface area contributed by atoms with E-state index in [4.69, 9.17) is 0 Å². The fourth-order valence-electron chi connectivity index (χ4n) is 2.28. The van der Waals surface area contributed by atoms with Crippen LogP contribution in [-0.2, 0) is 0 Å². The van der Waals surface area contributed by atoms with Crippen LogP contribution in [0.5, 0.6) is 0 Å². The van der Waals surface area contributed by atoms with Gasteiger partial charge in [0.1, 0.15) is 0 Å². The van der Waals surface area contributed by atoms with Gasteiger partial charge in [-0.1, -0.05) is 6.92 Å². The second-order valence-corrected chi connectivity index (χ2v) is 4.46. The van der Waals surface area contributed by atoms with Gasteiger partial charge in [0.05, 0.1) is 6.20 Å². The molecule has 2 rings (SSSR count). The molecular weight excluding hydrogens is 207 g/mol. The van der Waals surface area contributed by atoms with E-state index in [2.05, 4.69) is 29.1 Å². The van der Waals surface area contributed by atoms with Crippen LogP contribution >= 0.6 is 0 Å². The summed E-state index contributed by atoms with van der Waals surface area (Å²) in [5, 5.41) is 2.83. The van der Waals surface area contributed by atoms with E-state index in [-0.39, 0.29) is 5.82 Å². The Morgan fingerprint density at radius 3 is 2.81 bits per heavy atom. The average molecular weight is 224 g/mol. The van der Waals surface area contributed by atoms with Gasteiger partial charge in [0.25, 0.3) is 0 Å². The first-order chi connectivity index (χ1) is 7.61. The van der Waals surface area contributed by atoms with Gasteiger partial charge in [0.2, 0.25) is 5.95 Å². The Morgan fingerprint density at radius 1 is 1.50 bits per heavy atom. The lowest BCUT2D eigenvalue weighted by Gasteiger charge is -2.23. The molecule has 1 fully saturated rings. The van der Waals surface area contributed by atoms with Gasteiger partial charge in [-0.15, -0.1) is 0 Å². The number of halogens is 1. The van der Waals surface area contributed by atoms with Gasteiger partial charge >= 0.3 is 0 Å². The maximum Gasteiger partial charge on any atom is 0.224 e. The fourth-order valence-corrected chi connectivity index (χ4v) is 2.28. The van der Waals surface area contributed by atoms with Gasteiger partial charge < -0.3 is 10.2 Å². The van der Waals surface area contributed by atoms with Crippen LogP contribution < -0.4 is 10.2 Å². The number of aromatic nitrogens is 2. The molecular formula is C11H17FN4. The molecule has 0 radical (unpaired) electrons. The molecule has 2 unspecified atom stereocenters. The lowest BCUT2D eigenvalue weighted by molar-refractivity contribution is 0.598. The normalized spacial score (nSPS) is 24.9. The molecule has 0 aromatic carbocycles. The zero-order valence-corrected chi connectivity index (χ0v) is 9.87. The van der Waals surface area contributed by atoms with E-state index in [9.17, 15) is 4.39 Å². The van der Waals surface area contributed by atoms with E-state index in [0.29, 0.717) is 23.7 Å². The number of nitrogens with one attached hydrogen (secondary N) is 1. The highest BCUT2D eigenvalue weighted by atomic mass is 19.1. The van der Waals surface area contributed by atoms with E-state index in [1.54, 1.807) is 7.05 Å². The number of hydrogen-bond donors (Lipinski definition) is 1. The minimum Gasteiger partial charge on any atom is -0.357 e. The zero-order valence-electron chi connectivity index (χ0n) is 9.87. The second-order valence-electron chi connectivity index (χ2n) is 4.46. The Hall–Kier alpha value is -1.39. The minimum absolute atomic E-state index is 0.337. The predicted molar refractivity (Wildman–Crippen MR) is 62.1 cm³/mol. The third-order valence-corrected chi connectivity index (χ3v) is 3.01. The summed E-state index contributed by atoms with van der Waals surface area (Å²) >= 11 is 0. The Balaban J connectivity index is 2.32. The Bertz CT molecular complexity index is 382. The van der Waals surface area contributed by atoms with E-state index in [1.165, 1.54) is 6.20 Å². The van der Waals surface area contributed by atoms with Gasteiger partial charge in [-0.2, -0.15) is 4.98 Å². The summed E-state index contributed by atoms with van der Waals surface area (Å²) in [7, 11) is 1.73. The van der Waals surface area contributed by atoms with Crippen LogP contribution in [0.15, 0.2) is 6.20 Å². The van der Waals surface area contributed by atoms with Crippen LogP contribution in [0.25, 0.3) is 0 Å². The van der Waals surface area contributed by atoms with Crippen molar-refractivity contribution in [1.82, 2.24) is 9.97 Å². The molecule has 0 bridgehead atoms. The number of hydrogen-bond acceptors (Lipinski definition) is 4. The highest BCUT2D eigenvalue weighted by Crippen LogP contribution is 2.29. The summed E-state index contributed by atoms with van der Waals surface area (Å²) in [6.07, 6.45) is 2.31. The molecule has 1 N–H and O–H groups in total. The molecule has 16 heavy (non-hydrogen) atoms. The SMILES string of the molecule is CNc1ncc(F)c(N2CC(C)CC2C)n1. The van der Waals surface area contributed by atoms with Gasteiger partial charge in [0.15, 0.2) is 11.6 Å². The molecule has 88 valence electrons. The smallest absolute Gasteiger partial charge is 0.224 e. The summed E-state index contributed by atoms with van der Waals surface area (Å²) in [6, 6.07) is 0.337. The van der Waals surface area contributed by atoms with E-state index in [1.807, 2.05) is 4.90 Å². The monoisotopic (exact) mass is 224 g/mol. The Kier molecular flexibility index (Phi) is 2.94. The van der Waals surface area contributed by atoms with Crippen molar-refractivity contribution < 1.29 is 4.39 Å². The Labute approximate surface area is 94.9 Å². The lowest BCUT2D eigenvalue weighted by atomic mass is 10.1. The summed E-state index contributed by atoms with van der Waals surface area (Å²) in [6.45, 7) is 5.14. The molecule has 0 amide bonds. The van der Waals surface area contributed by atoms with E-state index >= 15 is 0 Å². The minimum atomic E-state index is -0.347. The summed E-state index contributed by atoms with van der Waals surface area (Å²) < 4.78 is 13.7. The molecule has 0 spiro atoms. The van der Waals surface area contributed by atoms with Crippen molar-refractivity contribution in [1.29, 1.82) is 0 Å². The van der Waals surface area contributed by atoms with Crippen molar-refractivity contribution in [3.8, 4) is 0 Å². The lowest BCUT2D eigenvalue weighted by Crippen LogP contribution is -2.29. The van der Waals surface area contributed by atoms with Crippen LogP contribution in [0.1, 0.15) is 20.3 Å². The van der Waals surface area contributed by atoms with Crippen molar-refractivity contribution >= 4 is 11.8 Å². The number of nitrogens with zero attached hydrogens (tertiary/aromatic N) is 3. The molecule has 1 aliphatic rings. The molecule has 1 saturated heterocycles. The quantitative estimate of drug-likeness (QED) is 0.833. The molecule has 5 heteroatoms. The van der Waals surface area contributed by atoms with Crippen LogP contribution in [0.2, 0.25) is 0 Å². The van der Waals surface area contributed by atoms with Gasteiger partial charge in [-0.05, 0) is 19.3 Å². The van der Waals surface area contributed by atoms with Crippen LogP contribution in [0.4, 0.5) is 16.2 Å². The third-order valence-electron chi connectivity index (χ3n) is 3.01. The van der Waals surface area contributed by atoms with Crippen LogP contribution in [0.3, 0.4) is 0 Å². The molecule has 1 aromatic heterocycles. The van der Waals surface area contributed by atoms with Crippen LogP contribution in [-0.4, -0.2) is 29.6 Å². The standard InChI is InChI=1S/C11H17FN4/c1-7-4-8(2)16(6-7)10-9(12)5-14-11(13-3)15-10/h5,7-8H,4,6H2,1-3H3,(H,13,14,15). The summed E-state index contributed by atoms with van der Waals surface area (Å²) in [5.74, 6) is 1.11. The first-order valence-corrected chi connectivity index (χ1v) is 5.58. The fraction of sp³-hybridized carbons (Fsp3) is 0.636. The predicted octanol–water partition coefficient (Wildman–Crippen LogP) is 1.89. The molecule has 2 atom stereocenters. The van der Waals surface area contributed by atoms with E-state index < -0.39 is 0 Å². The average Bonchev–Trinajstić information content (AvgIpc) is 2.58. The summed E-state index contributed by atoms with van der Waals surface area (Å²) in [5.41, 5.74) is 0.